The minimum absolute atomic E-state index is 0.0269. The normalized spacial score (nSPS) is 19.6. The number of hydrogen-bond donors (Lipinski definition) is 1. The molecule has 2 N–H and O–H groups in total. The lowest BCUT2D eigenvalue weighted by molar-refractivity contribution is 0.211. The highest BCUT2D eigenvalue weighted by molar-refractivity contribution is 5.04. The van der Waals surface area contributed by atoms with Crippen molar-refractivity contribution in [3.05, 3.63) is 11.6 Å². The van der Waals surface area contributed by atoms with Gasteiger partial charge in [-0.15, -0.1) is 0 Å². The monoisotopic (exact) mass is 196 g/mol. The van der Waals surface area contributed by atoms with Crippen LogP contribution in [0.2, 0.25) is 0 Å². The Hall–Kier alpha value is -0.340. The maximum atomic E-state index is 6.30. The summed E-state index contributed by atoms with van der Waals surface area (Å²) in [4.78, 5) is 2.47. The van der Waals surface area contributed by atoms with Crippen LogP contribution in [0, 0.1) is 0 Å². The summed E-state index contributed by atoms with van der Waals surface area (Å²) in [6.45, 7) is 9.91. The fourth-order valence-electron chi connectivity index (χ4n) is 1.88. The quantitative estimate of drug-likeness (QED) is 0.698. The summed E-state index contributed by atoms with van der Waals surface area (Å²) in [6.07, 6.45) is 5.68. The van der Waals surface area contributed by atoms with Gasteiger partial charge in [-0.1, -0.05) is 25.5 Å². The molecule has 2 nitrogen and oxygen atoms in total. The van der Waals surface area contributed by atoms with Gasteiger partial charge in [0.05, 0.1) is 0 Å². The molecule has 0 unspecified atom stereocenters. The van der Waals surface area contributed by atoms with E-state index >= 15 is 0 Å². The summed E-state index contributed by atoms with van der Waals surface area (Å²) in [5.41, 5.74) is 7.85. The van der Waals surface area contributed by atoms with Crippen LogP contribution in [0.15, 0.2) is 11.6 Å². The molecule has 1 rings (SSSR count). The molecule has 0 bridgehead atoms. The fourth-order valence-corrected chi connectivity index (χ4v) is 1.88. The SMILES string of the molecule is CCC(N)(CC)CN1CC=C(C)CC1. The molecule has 0 fully saturated rings. The van der Waals surface area contributed by atoms with E-state index in [1.165, 1.54) is 18.5 Å². The Morgan fingerprint density at radius 2 is 2.07 bits per heavy atom. The van der Waals surface area contributed by atoms with Crippen molar-refractivity contribution in [3.8, 4) is 0 Å². The maximum Gasteiger partial charge on any atom is 0.0278 e. The van der Waals surface area contributed by atoms with Gasteiger partial charge in [0.25, 0.3) is 0 Å². The molecule has 0 radical (unpaired) electrons. The third-order valence-electron chi connectivity index (χ3n) is 3.47. The molecule has 1 aliphatic rings. The highest BCUT2D eigenvalue weighted by atomic mass is 15.1. The first-order chi connectivity index (χ1) is 6.59. The van der Waals surface area contributed by atoms with Crippen molar-refractivity contribution in [1.29, 1.82) is 0 Å². The van der Waals surface area contributed by atoms with E-state index in [1.807, 2.05) is 0 Å². The van der Waals surface area contributed by atoms with E-state index in [0.717, 1.165) is 25.9 Å². The van der Waals surface area contributed by atoms with Gasteiger partial charge >= 0.3 is 0 Å². The molecule has 0 saturated carbocycles. The van der Waals surface area contributed by atoms with Crippen LogP contribution >= 0.6 is 0 Å². The maximum absolute atomic E-state index is 6.30. The van der Waals surface area contributed by atoms with Gasteiger partial charge in [0, 0.05) is 25.2 Å². The predicted octanol–water partition coefficient (Wildman–Crippen LogP) is 2.16. The Kier molecular flexibility index (Phi) is 4.14. The topological polar surface area (TPSA) is 29.3 Å². The second-order valence-electron chi connectivity index (χ2n) is 4.61. The molecular formula is C12H24N2. The summed E-state index contributed by atoms with van der Waals surface area (Å²) in [7, 11) is 0. The molecule has 0 atom stereocenters. The molecule has 0 aromatic carbocycles. The fraction of sp³-hybridized carbons (Fsp3) is 0.833. The molecule has 0 saturated heterocycles. The lowest BCUT2D eigenvalue weighted by atomic mass is 9.93. The van der Waals surface area contributed by atoms with Crippen LogP contribution in [-0.2, 0) is 0 Å². The van der Waals surface area contributed by atoms with Crippen LogP contribution < -0.4 is 5.73 Å². The van der Waals surface area contributed by atoms with Crippen molar-refractivity contribution in [2.24, 2.45) is 5.73 Å². The minimum Gasteiger partial charge on any atom is -0.324 e. The smallest absolute Gasteiger partial charge is 0.0278 e. The Morgan fingerprint density at radius 1 is 1.43 bits per heavy atom. The van der Waals surface area contributed by atoms with Gasteiger partial charge in [0.2, 0.25) is 0 Å². The molecule has 0 aromatic rings. The predicted molar refractivity (Wildman–Crippen MR) is 62.3 cm³/mol. The van der Waals surface area contributed by atoms with Crippen LogP contribution in [-0.4, -0.2) is 30.1 Å². The highest BCUT2D eigenvalue weighted by Gasteiger charge is 2.24. The van der Waals surface area contributed by atoms with Gasteiger partial charge < -0.3 is 5.73 Å². The van der Waals surface area contributed by atoms with Crippen LogP contribution in [0.25, 0.3) is 0 Å². The molecule has 0 amide bonds. The first kappa shape index (κ1) is 11.7. The molecule has 1 heterocycles. The van der Waals surface area contributed by atoms with Crippen LogP contribution in [0.5, 0.6) is 0 Å². The van der Waals surface area contributed by atoms with Crippen LogP contribution in [0.3, 0.4) is 0 Å². The van der Waals surface area contributed by atoms with Gasteiger partial charge in [-0.2, -0.15) is 0 Å². The number of rotatable bonds is 4. The first-order valence-electron chi connectivity index (χ1n) is 5.76. The van der Waals surface area contributed by atoms with Crippen molar-refractivity contribution < 1.29 is 0 Å². The van der Waals surface area contributed by atoms with Crippen LogP contribution in [0.1, 0.15) is 40.0 Å². The molecule has 2 heteroatoms. The van der Waals surface area contributed by atoms with Crippen molar-refractivity contribution in [3.63, 3.8) is 0 Å². The molecule has 0 spiro atoms. The molecule has 14 heavy (non-hydrogen) atoms. The zero-order valence-corrected chi connectivity index (χ0v) is 9.84. The lowest BCUT2D eigenvalue weighted by Gasteiger charge is -2.35. The summed E-state index contributed by atoms with van der Waals surface area (Å²) in [5, 5.41) is 0. The lowest BCUT2D eigenvalue weighted by Crippen LogP contribution is -2.50. The van der Waals surface area contributed by atoms with E-state index in [-0.39, 0.29) is 5.54 Å². The zero-order valence-electron chi connectivity index (χ0n) is 9.84. The van der Waals surface area contributed by atoms with Crippen molar-refractivity contribution >= 4 is 0 Å². The molecule has 0 aromatic heterocycles. The molecule has 82 valence electrons. The highest BCUT2D eigenvalue weighted by Crippen LogP contribution is 2.16. The second kappa shape index (κ2) is 4.94. The van der Waals surface area contributed by atoms with Gasteiger partial charge in [0.15, 0.2) is 0 Å². The Bertz CT molecular complexity index is 204. The average Bonchev–Trinajstić information content (AvgIpc) is 2.21. The summed E-state index contributed by atoms with van der Waals surface area (Å²) < 4.78 is 0. The first-order valence-corrected chi connectivity index (χ1v) is 5.76. The van der Waals surface area contributed by atoms with Gasteiger partial charge in [-0.3, -0.25) is 4.90 Å². The summed E-state index contributed by atoms with van der Waals surface area (Å²) in [5.74, 6) is 0. The Labute approximate surface area is 88.2 Å². The Morgan fingerprint density at radius 3 is 2.50 bits per heavy atom. The molecular weight excluding hydrogens is 172 g/mol. The van der Waals surface area contributed by atoms with Gasteiger partial charge in [-0.05, 0) is 26.2 Å². The molecule has 0 aliphatic carbocycles. The van der Waals surface area contributed by atoms with E-state index in [2.05, 4.69) is 31.7 Å². The summed E-state index contributed by atoms with van der Waals surface area (Å²) in [6, 6.07) is 0. The number of nitrogens with two attached hydrogens (primary N) is 1. The average molecular weight is 196 g/mol. The second-order valence-corrected chi connectivity index (χ2v) is 4.61. The third kappa shape index (κ3) is 3.10. The van der Waals surface area contributed by atoms with E-state index in [4.69, 9.17) is 5.73 Å². The zero-order chi connectivity index (χ0) is 10.6. The van der Waals surface area contributed by atoms with Gasteiger partial charge in [-0.25, -0.2) is 0 Å². The van der Waals surface area contributed by atoms with Crippen molar-refractivity contribution in [2.75, 3.05) is 19.6 Å². The van der Waals surface area contributed by atoms with Crippen molar-refractivity contribution in [1.82, 2.24) is 4.90 Å². The largest absolute Gasteiger partial charge is 0.324 e. The van der Waals surface area contributed by atoms with Crippen molar-refractivity contribution in [2.45, 2.75) is 45.6 Å². The standard InChI is InChI=1S/C12H24N2/c1-4-12(13,5-2)10-14-8-6-11(3)7-9-14/h6H,4-5,7-10,13H2,1-3H3. The third-order valence-corrected chi connectivity index (χ3v) is 3.47. The van der Waals surface area contributed by atoms with E-state index in [9.17, 15) is 0 Å². The minimum atomic E-state index is 0.0269. The number of hydrogen-bond acceptors (Lipinski definition) is 2. The Balaban J connectivity index is 2.45. The van der Waals surface area contributed by atoms with E-state index in [1.54, 1.807) is 0 Å². The number of nitrogens with zero attached hydrogens (tertiary/aromatic N) is 1. The van der Waals surface area contributed by atoms with Crippen LogP contribution in [0.4, 0.5) is 0 Å². The van der Waals surface area contributed by atoms with E-state index in [0.29, 0.717) is 0 Å². The molecule has 1 aliphatic heterocycles. The van der Waals surface area contributed by atoms with E-state index < -0.39 is 0 Å². The summed E-state index contributed by atoms with van der Waals surface area (Å²) >= 11 is 0. The van der Waals surface area contributed by atoms with Gasteiger partial charge in [0.1, 0.15) is 0 Å².